The molecular weight excluding hydrogens is 321 g/mol. The van der Waals surface area contributed by atoms with Crippen LogP contribution in [0.15, 0.2) is 24.3 Å². The first-order chi connectivity index (χ1) is 9.63. The smallest absolute Gasteiger partial charge is 0.253 e. The quantitative estimate of drug-likeness (QED) is 0.902. The van der Waals surface area contributed by atoms with E-state index in [1.54, 1.807) is 0 Å². The van der Waals surface area contributed by atoms with Crippen molar-refractivity contribution in [2.75, 3.05) is 19.6 Å². The number of nitrogens with one attached hydrogen (secondary N) is 2. The predicted molar refractivity (Wildman–Crippen MR) is 94.4 cm³/mol. The normalized spacial score (nSPS) is 13.7. The molecule has 1 saturated heterocycles. The van der Waals surface area contributed by atoms with Crippen LogP contribution in [0.3, 0.4) is 0 Å². The van der Waals surface area contributed by atoms with E-state index in [0.717, 1.165) is 36.2 Å². The zero-order valence-corrected chi connectivity index (χ0v) is 14.3. The van der Waals surface area contributed by atoms with E-state index in [2.05, 4.69) is 21.7 Å². The molecule has 0 radical (unpaired) electrons. The van der Waals surface area contributed by atoms with Crippen LogP contribution in [-0.2, 0) is 0 Å². The summed E-state index contributed by atoms with van der Waals surface area (Å²) in [4.78, 5) is 16.8. The summed E-state index contributed by atoms with van der Waals surface area (Å²) in [5.74, 6) is 0.542. The Labute approximate surface area is 142 Å². The molecule has 0 saturated carbocycles. The Bertz CT molecular complexity index is 672. The van der Waals surface area contributed by atoms with Gasteiger partial charge in [-0.3, -0.25) is 9.78 Å². The SMILES string of the molecule is Cc1ccc2nc(C)c(C(=O)NCC3CNC3)cc2c1.Cl.Cl. The average molecular weight is 342 g/mol. The fourth-order valence-electron chi connectivity index (χ4n) is 2.45. The minimum Gasteiger partial charge on any atom is -0.352 e. The molecule has 2 aromatic rings. The monoisotopic (exact) mass is 341 g/mol. The molecule has 2 N–H and O–H groups in total. The summed E-state index contributed by atoms with van der Waals surface area (Å²) in [5.41, 5.74) is 3.57. The third kappa shape index (κ3) is 3.88. The number of benzene rings is 1. The van der Waals surface area contributed by atoms with Crippen LogP contribution in [0.25, 0.3) is 10.9 Å². The number of rotatable bonds is 3. The lowest BCUT2D eigenvalue weighted by molar-refractivity contribution is 0.0941. The van der Waals surface area contributed by atoms with Gasteiger partial charge < -0.3 is 10.6 Å². The van der Waals surface area contributed by atoms with Crippen LogP contribution < -0.4 is 10.6 Å². The van der Waals surface area contributed by atoms with Gasteiger partial charge in [0, 0.05) is 30.9 Å². The third-order valence-electron chi connectivity index (χ3n) is 3.82. The molecule has 0 unspecified atom stereocenters. The number of fused-ring (bicyclic) bond motifs is 1. The first-order valence-corrected chi connectivity index (χ1v) is 7.00. The summed E-state index contributed by atoms with van der Waals surface area (Å²) in [5, 5.41) is 7.22. The largest absolute Gasteiger partial charge is 0.352 e. The maximum Gasteiger partial charge on any atom is 0.253 e. The molecule has 2 heterocycles. The first-order valence-electron chi connectivity index (χ1n) is 7.00. The Hall–Kier alpha value is -1.36. The molecule has 1 fully saturated rings. The Morgan fingerprint density at radius 2 is 2.00 bits per heavy atom. The number of halogens is 2. The Morgan fingerprint density at radius 1 is 1.27 bits per heavy atom. The average Bonchev–Trinajstić information content (AvgIpc) is 2.36. The molecule has 1 amide bonds. The van der Waals surface area contributed by atoms with Gasteiger partial charge in [-0.15, -0.1) is 24.8 Å². The Balaban J connectivity index is 0.00000121. The fourth-order valence-corrected chi connectivity index (χ4v) is 2.45. The third-order valence-corrected chi connectivity index (χ3v) is 3.82. The molecular formula is C16H21Cl2N3O. The van der Waals surface area contributed by atoms with Crippen LogP contribution in [0, 0.1) is 19.8 Å². The molecule has 22 heavy (non-hydrogen) atoms. The van der Waals surface area contributed by atoms with Gasteiger partial charge in [-0.25, -0.2) is 0 Å². The van der Waals surface area contributed by atoms with Crippen molar-refractivity contribution in [3.8, 4) is 0 Å². The van der Waals surface area contributed by atoms with E-state index < -0.39 is 0 Å². The van der Waals surface area contributed by atoms with Crippen LogP contribution in [0.1, 0.15) is 21.6 Å². The van der Waals surface area contributed by atoms with Gasteiger partial charge in [0.1, 0.15) is 0 Å². The molecule has 0 bridgehead atoms. The molecule has 0 aliphatic carbocycles. The lowest BCUT2D eigenvalue weighted by atomic mass is 10.0. The van der Waals surface area contributed by atoms with Crippen molar-refractivity contribution in [1.29, 1.82) is 0 Å². The molecule has 4 nitrogen and oxygen atoms in total. The molecule has 1 aliphatic heterocycles. The van der Waals surface area contributed by atoms with Gasteiger partial charge in [-0.2, -0.15) is 0 Å². The molecule has 1 aromatic carbocycles. The minimum absolute atomic E-state index is 0. The van der Waals surface area contributed by atoms with Crippen LogP contribution in [0.2, 0.25) is 0 Å². The van der Waals surface area contributed by atoms with Crippen LogP contribution in [0.5, 0.6) is 0 Å². The minimum atomic E-state index is -0.0229. The zero-order chi connectivity index (χ0) is 14.1. The second kappa shape index (κ2) is 7.77. The van der Waals surface area contributed by atoms with Crippen LogP contribution in [-0.4, -0.2) is 30.5 Å². The number of aromatic nitrogens is 1. The number of pyridine rings is 1. The lowest BCUT2D eigenvalue weighted by Gasteiger charge is -2.27. The summed E-state index contributed by atoms with van der Waals surface area (Å²) in [7, 11) is 0. The van der Waals surface area contributed by atoms with E-state index in [1.165, 1.54) is 5.56 Å². The number of carbonyl (C=O) groups excluding carboxylic acids is 1. The van der Waals surface area contributed by atoms with Crippen molar-refractivity contribution in [3.63, 3.8) is 0 Å². The number of aryl methyl sites for hydroxylation is 2. The van der Waals surface area contributed by atoms with Gasteiger partial charge >= 0.3 is 0 Å². The van der Waals surface area contributed by atoms with E-state index >= 15 is 0 Å². The maximum atomic E-state index is 12.3. The summed E-state index contributed by atoms with van der Waals surface area (Å²) in [6.07, 6.45) is 0. The summed E-state index contributed by atoms with van der Waals surface area (Å²) in [6.45, 7) is 6.65. The predicted octanol–water partition coefficient (Wildman–Crippen LogP) is 2.64. The van der Waals surface area contributed by atoms with Crippen molar-refractivity contribution in [2.45, 2.75) is 13.8 Å². The highest BCUT2D eigenvalue weighted by Crippen LogP contribution is 2.18. The van der Waals surface area contributed by atoms with E-state index in [1.807, 2.05) is 32.0 Å². The van der Waals surface area contributed by atoms with Gasteiger partial charge in [0.2, 0.25) is 0 Å². The fraction of sp³-hybridized carbons (Fsp3) is 0.375. The van der Waals surface area contributed by atoms with Gasteiger partial charge in [0.15, 0.2) is 0 Å². The lowest BCUT2D eigenvalue weighted by Crippen LogP contribution is -2.48. The Kier molecular flexibility index (Phi) is 6.60. The van der Waals surface area contributed by atoms with E-state index in [-0.39, 0.29) is 30.7 Å². The number of hydrogen-bond acceptors (Lipinski definition) is 3. The molecule has 0 atom stereocenters. The van der Waals surface area contributed by atoms with Crippen molar-refractivity contribution in [1.82, 2.24) is 15.6 Å². The number of nitrogens with zero attached hydrogens (tertiary/aromatic N) is 1. The summed E-state index contributed by atoms with van der Waals surface area (Å²) < 4.78 is 0. The van der Waals surface area contributed by atoms with Gasteiger partial charge in [-0.1, -0.05) is 11.6 Å². The van der Waals surface area contributed by atoms with E-state index in [4.69, 9.17) is 0 Å². The highest BCUT2D eigenvalue weighted by Gasteiger charge is 2.18. The van der Waals surface area contributed by atoms with Gasteiger partial charge in [-0.05, 0) is 32.0 Å². The maximum absolute atomic E-state index is 12.3. The molecule has 6 heteroatoms. The highest BCUT2D eigenvalue weighted by molar-refractivity contribution is 5.98. The standard InChI is InChI=1S/C16H19N3O.2ClH/c1-10-3-4-15-13(5-10)6-14(11(2)19-15)16(20)18-9-12-7-17-8-12;;/h3-6,12,17H,7-9H2,1-2H3,(H,18,20);2*1H. The molecule has 120 valence electrons. The second-order valence-corrected chi connectivity index (χ2v) is 5.55. The van der Waals surface area contributed by atoms with Gasteiger partial charge in [0.05, 0.1) is 16.8 Å². The van der Waals surface area contributed by atoms with Crippen LogP contribution in [0.4, 0.5) is 0 Å². The molecule has 3 rings (SSSR count). The van der Waals surface area contributed by atoms with Crippen molar-refractivity contribution in [2.24, 2.45) is 5.92 Å². The molecule has 0 spiro atoms. The highest BCUT2D eigenvalue weighted by atomic mass is 35.5. The number of amides is 1. The van der Waals surface area contributed by atoms with Gasteiger partial charge in [0.25, 0.3) is 5.91 Å². The molecule has 1 aromatic heterocycles. The van der Waals surface area contributed by atoms with Crippen LogP contribution >= 0.6 is 24.8 Å². The van der Waals surface area contributed by atoms with E-state index in [0.29, 0.717) is 11.5 Å². The summed E-state index contributed by atoms with van der Waals surface area (Å²) in [6, 6.07) is 8.05. The first kappa shape index (κ1) is 18.7. The zero-order valence-electron chi connectivity index (χ0n) is 12.7. The summed E-state index contributed by atoms with van der Waals surface area (Å²) >= 11 is 0. The van der Waals surface area contributed by atoms with Crippen molar-refractivity contribution in [3.05, 3.63) is 41.1 Å². The Morgan fingerprint density at radius 3 is 2.64 bits per heavy atom. The topological polar surface area (TPSA) is 54.0 Å². The van der Waals surface area contributed by atoms with E-state index in [9.17, 15) is 4.79 Å². The molecule has 1 aliphatic rings. The number of carbonyl (C=O) groups is 1. The van der Waals surface area contributed by atoms with Crippen molar-refractivity contribution >= 4 is 41.6 Å². The number of hydrogen-bond donors (Lipinski definition) is 2. The second-order valence-electron chi connectivity index (χ2n) is 5.55. The van der Waals surface area contributed by atoms with Crippen molar-refractivity contribution < 1.29 is 4.79 Å².